The van der Waals surface area contributed by atoms with E-state index >= 15 is 0 Å². The highest BCUT2D eigenvalue weighted by Gasteiger charge is 2.25. The number of aromatic nitrogens is 2. The first kappa shape index (κ1) is 11.6. The Balaban J connectivity index is 2.18. The average Bonchev–Trinajstić information content (AvgIpc) is 2.58. The van der Waals surface area contributed by atoms with Gasteiger partial charge in [0, 0.05) is 26.2 Å². The molecule has 5 nitrogen and oxygen atoms in total. The van der Waals surface area contributed by atoms with E-state index in [4.69, 9.17) is 5.73 Å². The molecule has 0 spiro atoms. The number of carbonyl (C=O) groups excluding carboxylic acids is 1. The molecule has 1 atom stereocenters. The van der Waals surface area contributed by atoms with Crippen molar-refractivity contribution < 1.29 is 4.79 Å². The third kappa shape index (κ3) is 2.12. The third-order valence-corrected chi connectivity index (χ3v) is 3.42. The van der Waals surface area contributed by atoms with Gasteiger partial charge >= 0.3 is 0 Å². The van der Waals surface area contributed by atoms with Crippen LogP contribution in [0.3, 0.4) is 0 Å². The molecule has 2 rings (SSSR count). The number of halogens is 1. The second kappa shape index (κ2) is 4.55. The van der Waals surface area contributed by atoms with E-state index < -0.39 is 0 Å². The standard InChI is InChI=1S/C10H15BrN4O/c1-14-9(8(11)5-13-14)10(16)15-4-2-3-7(12)6-15/h5,7H,2-4,6,12H2,1H3. The van der Waals surface area contributed by atoms with Crippen LogP contribution >= 0.6 is 15.9 Å². The van der Waals surface area contributed by atoms with Gasteiger partial charge in [-0.25, -0.2) is 0 Å². The summed E-state index contributed by atoms with van der Waals surface area (Å²) in [5.41, 5.74) is 6.46. The number of nitrogens with two attached hydrogens (primary N) is 1. The van der Waals surface area contributed by atoms with Gasteiger partial charge in [0.25, 0.3) is 5.91 Å². The van der Waals surface area contributed by atoms with Crippen LogP contribution in [0.5, 0.6) is 0 Å². The summed E-state index contributed by atoms with van der Waals surface area (Å²) in [5.74, 6) is 0.00188. The van der Waals surface area contributed by atoms with Crippen molar-refractivity contribution in [3.05, 3.63) is 16.4 Å². The van der Waals surface area contributed by atoms with Crippen LogP contribution < -0.4 is 5.73 Å². The Morgan fingerprint density at radius 3 is 3.00 bits per heavy atom. The van der Waals surface area contributed by atoms with Gasteiger partial charge in [0.15, 0.2) is 0 Å². The van der Waals surface area contributed by atoms with Crippen molar-refractivity contribution in [2.75, 3.05) is 13.1 Å². The van der Waals surface area contributed by atoms with Crippen molar-refractivity contribution in [2.45, 2.75) is 18.9 Å². The van der Waals surface area contributed by atoms with Gasteiger partial charge in [0.1, 0.15) is 5.69 Å². The molecule has 0 radical (unpaired) electrons. The summed E-state index contributed by atoms with van der Waals surface area (Å²) in [5, 5.41) is 4.04. The molecule has 0 aliphatic carbocycles. The summed E-state index contributed by atoms with van der Waals surface area (Å²) < 4.78 is 2.33. The van der Waals surface area contributed by atoms with E-state index in [1.165, 1.54) is 0 Å². The highest BCUT2D eigenvalue weighted by molar-refractivity contribution is 9.10. The first-order valence-electron chi connectivity index (χ1n) is 5.32. The molecule has 6 heteroatoms. The summed E-state index contributed by atoms with van der Waals surface area (Å²) >= 11 is 3.34. The van der Waals surface area contributed by atoms with Crippen LogP contribution in [0.2, 0.25) is 0 Å². The second-order valence-corrected chi connectivity index (χ2v) is 4.97. The predicted octanol–water partition coefficient (Wildman–Crippen LogP) is 0.746. The quantitative estimate of drug-likeness (QED) is 0.829. The molecule has 1 aromatic rings. The van der Waals surface area contributed by atoms with E-state index in [2.05, 4.69) is 21.0 Å². The zero-order valence-corrected chi connectivity index (χ0v) is 10.8. The van der Waals surface area contributed by atoms with Gasteiger partial charge in [0.2, 0.25) is 0 Å². The van der Waals surface area contributed by atoms with Crippen LogP contribution in [0.15, 0.2) is 10.7 Å². The normalized spacial score (nSPS) is 21.2. The highest BCUT2D eigenvalue weighted by Crippen LogP contribution is 2.19. The summed E-state index contributed by atoms with van der Waals surface area (Å²) in [6, 6.07) is 0.102. The number of nitrogens with zero attached hydrogens (tertiary/aromatic N) is 3. The largest absolute Gasteiger partial charge is 0.336 e. The molecule has 1 amide bonds. The Morgan fingerprint density at radius 2 is 2.44 bits per heavy atom. The number of hydrogen-bond acceptors (Lipinski definition) is 3. The van der Waals surface area contributed by atoms with Crippen LogP contribution in [-0.2, 0) is 7.05 Å². The Bertz CT molecular complexity index is 384. The number of hydrogen-bond donors (Lipinski definition) is 1. The number of rotatable bonds is 1. The van der Waals surface area contributed by atoms with E-state index in [9.17, 15) is 4.79 Å². The summed E-state index contributed by atoms with van der Waals surface area (Å²) in [6.45, 7) is 1.42. The Labute approximate surface area is 103 Å². The fourth-order valence-electron chi connectivity index (χ4n) is 2.00. The average molecular weight is 287 g/mol. The number of carbonyl (C=O) groups is 1. The minimum Gasteiger partial charge on any atom is -0.336 e. The van der Waals surface area contributed by atoms with Crippen LogP contribution in [0.4, 0.5) is 0 Å². The van der Waals surface area contributed by atoms with E-state index in [1.54, 1.807) is 22.8 Å². The summed E-state index contributed by atoms with van der Waals surface area (Å²) in [4.78, 5) is 14.0. The number of piperidine rings is 1. The van der Waals surface area contributed by atoms with E-state index in [1.807, 2.05) is 0 Å². The molecular weight excluding hydrogens is 272 g/mol. The molecule has 1 fully saturated rings. The van der Waals surface area contributed by atoms with Crippen molar-refractivity contribution >= 4 is 21.8 Å². The van der Waals surface area contributed by atoms with Crippen molar-refractivity contribution in [3.8, 4) is 0 Å². The minimum absolute atomic E-state index is 0.00188. The molecule has 0 bridgehead atoms. The summed E-state index contributed by atoms with van der Waals surface area (Å²) in [6.07, 6.45) is 3.61. The van der Waals surface area contributed by atoms with Crippen LogP contribution in [0, 0.1) is 0 Å². The van der Waals surface area contributed by atoms with Gasteiger partial charge in [-0.2, -0.15) is 5.10 Å². The molecule has 2 heterocycles. The van der Waals surface area contributed by atoms with Gasteiger partial charge < -0.3 is 10.6 Å². The molecule has 88 valence electrons. The number of amides is 1. The maximum absolute atomic E-state index is 12.2. The molecule has 1 aliphatic heterocycles. The van der Waals surface area contributed by atoms with Gasteiger partial charge in [-0.1, -0.05) is 0 Å². The van der Waals surface area contributed by atoms with Gasteiger partial charge in [-0.05, 0) is 28.8 Å². The summed E-state index contributed by atoms with van der Waals surface area (Å²) in [7, 11) is 1.77. The van der Waals surface area contributed by atoms with Crippen molar-refractivity contribution in [3.63, 3.8) is 0 Å². The Hall–Kier alpha value is -0.880. The fraction of sp³-hybridized carbons (Fsp3) is 0.600. The molecule has 0 aromatic carbocycles. The van der Waals surface area contributed by atoms with Crippen molar-refractivity contribution in [1.82, 2.24) is 14.7 Å². The van der Waals surface area contributed by atoms with E-state index in [0.29, 0.717) is 12.2 Å². The van der Waals surface area contributed by atoms with Gasteiger partial charge in [-0.3, -0.25) is 9.48 Å². The van der Waals surface area contributed by atoms with E-state index in [-0.39, 0.29) is 11.9 Å². The molecule has 1 saturated heterocycles. The lowest BCUT2D eigenvalue weighted by molar-refractivity contribution is 0.0696. The predicted molar refractivity (Wildman–Crippen MR) is 64.0 cm³/mol. The lowest BCUT2D eigenvalue weighted by Gasteiger charge is -2.30. The maximum atomic E-state index is 12.2. The molecule has 0 saturated carbocycles. The Morgan fingerprint density at radius 1 is 1.69 bits per heavy atom. The molecular formula is C10H15BrN4O. The molecule has 2 N–H and O–H groups in total. The number of likely N-dealkylation sites (tertiary alicyclic amines) is 1. The second-order valence-electron chi connectivity index (χ2n) is 4.12. The molecule has 1 aliphatic rings. The fourth-order valence-corrected chi connectivity index (χ4v) is 2.51. The zero-order chi connectivity index (χ0) is 11.7. The molecule has 1 unspecified atom stereocenters. The Kier molecular flexibility index (Phi) is 3.30. The van der Waals surface area contributed by atoms with Crippen LogP contribution in [0.1, 0.15) is 23.3 Å². The molecule has 1 aromatic heterocycles. The first-order valence-corrected chi connectivity index (χ1v) is 6.11. The van der Waals surface area contributed by atoms with Crippen molar-refractivity contribution in [2.24, 2.45) is 12.8 Å². The van der Waals surface area contributed by atoms with Gasteiger partial charge in [0.05, 0.1) is 10.7 Å². The zero-order valence-electron chi connectivity index (χ0n) is 9.19. The van der Waals surface area contributed by atoms with Gasteiger partial charge in [-0.15, -0.1) is 0 Å². The van der Waals surface area contributed by atoms with Crippen molar-refractivity contribution in [1.29, 1.82) is 0 Å². The lowest BCUT2D eigenvalue weighted by atomic mass is 10.1. The number of aryl methyl sites for hydroxylation is 1. The lowest BCUT2D eigenvalue weighted by Crippen LogP contribution is -2.46. The topological polar surface area (TPSA) is 64.2 Å². The van der Waals surface area contributed by atoms with Crippen LogP contribution in [-0.4, -0.2) is 39.7 Å². The highest BCUT2D eigenvalue weighted by atomic mass is 79.9. The monoisotopic (exact) mass is 286 g/mol. The third-order valence-electron chi connectivity index (χ3n) is 2.84. The maximum Gasteiger partial charge on any atom is 0.273 e. The smallest absolute Gasteiger partial charge is 0.273 e. The minimum atomic E-state index is 0.00188. The van der Waals surface area contributed by atoms with Crippen LogP contribution in [0.25, 0.3) is 0 Å². The SMILES string of the molecule is Cn1ncc(Br)c1C(=O)N1CCCC(N)C1. The molecule has 16 heavy (non-hydrogen) atoms. The van der Waals surface area contributed by atoms with E-state index in [0.717, 1.165) is 23.9 Å². The first-order chi connectivity index (χ1) is 7.59.